The molecule has 1 saturated heterocycles. The van der Waals surface area contributed by atoms with Gasteiger partial charge in [0.2, 0.25) is 5.91 Å². The van der Waals surface area contributed by atoms with Crippen LogP contribution in [0.4, 0.5) is 8.78 Å². The van der Waals surface area contributed by atoms with Gasteiger partial charge in [-0.15, -0.1) is 0 Å². The molecular weight excluding hydrogens is 290 g/mol. The lowest BCUT2D eigenvalue weighted by Crippen LogP contribution is -2.37. The van der Waals surface area contributed by atoms with Crippen LogP contribution < -0.4 is 5.32 Å². The third kappa shape index (κ3) is 3.44. The molecule has 6 heteroatoms. The van der Waals surface area contributed by atoms with E-state index in [0.29, 0.717) is 25.2 Å². The van der Waals surface area contributed by atoms with E-state index < -0.39 is 11.6 Å². The number of hydrogen-bond donors (Lipinski definition) is 2. The molecule has 0 bridgehead atoms. The van der Waals surface area contributed by atoms with Crippen molar-refractivity contribution in [2.75, 3.05) is 19.7 Å². The van der Waals surface area contributed by atoms with Gasteiger partial charge in [0.25, 0.3) is 0 Å². The first-order valence-corrected chi connectivity index (χ1v) is 7.64. The Hall–Kier alpha value is -1.53. The van der Waals surface area contributed by atoms with Crippen LogP contribution in [0.25, 0.3) is 0 Å². The largest absolute Gasteiger partial charge is 0.396 e. The number of aliphatic hydroxyl groups excluding tert-OH is 1. The summed E-state index contributed by atoms with van der Waals surface area (Å²) in [5.41, 5.74) is 0.404. The minimum Gasteiger partial charge on any atom is -0.396 e. The van der Waals surface area contributed by atoms with Crippen molar-refractivity contribution < 1.29 is 18.7 Å². The normalized spacial score (nSPS) is 25.4. The van der Waals surface area contributed by atoms with Crippen LogP contribution in [0, 0.1) is 23.5 Å². The summed E-state index contributed by atoms with van der Waals surface area (Å²) in [6.45, 7) is 1.28. The molecule has 0 spiro atoms. The number of carbonyl (C=O) groups is 1. The predicted octanol–water partition coefficient (Wildman–Crippen LogP) is 1.28. The number of halogens is 2. The number of amides is 1. The van der Waals surface area contributed by atoms with Gasteiger partial charge in [0.15, 0.2) is 0 Å². The summed E-state index contributed by atoms with van der Waals surface area (Å²) in [6.07, 6.45) is 2.04. The summed E-state index contributed by atoms with van der Waals surface area (Å²) in [6, 6.07) is 3.81. The minimum atomic E-state index is -0.599. The van der Waals surface area contributed by atoms with Crippen molar-refractivity contribution in [3.63, 3.8) is 0 Å². The van der Waals surface area contributed by atoms with Crippen LogP contribution >= 0.6 is 0 Å². The van der Waals surface area contributed by atoms with Crippen molar-refractivity contribution in [1.82, 2.24) is 10.2 Å². The van der Waals surface area contributed by atoms with Crippen molar-refractivity contribution in [2.24, 2.45) is 11.8 Å². The third-order valence-electron chi connectivity index (χ3n) is 4.42. The summed E-state index contributed by atoms with van der Waals surface area (Å²) in [4.78, 5) is 14.1. The molecule has 2 aliphatic rings. The molecule has 1 saturated carbocycles. The Balaban J connectivity index is 1.64. The van der Waals surface area contributed by atoms with Gasteiger partial charge in [0.1, 0.15) is 11.6 Å². The summed E-state index contributed by atoms with van der Waals surface area (Å²) < 4.78 is 26.7. The highest BCUT2D eigenvalue weighted by molar-refractivity contribution is 5.80. The van der Waals surface area contributed by atoms with E-state index in [1.807, 2.05) is 4.90 Å². The van der Waals surface area contributed by atoms with Gasteiger partial charge in [-0.3, -0.25) is 9.69 Å². The zero-order chi connectivity index (χ0) is 15.7. The number of rotatable bonds is 5. The molecule has 1 heterocycles. The van der Waals surface area contributed by atoms with Crippen molar-refractivity contribution in [3.8, 4) is 0 Å². The van der Waals surface area contributed by atoms with Crippen LogP contribution in [-0.4, -0.2) is 41.7 Å². The molecule has 22 heavy (non-hydrogen) atoms. The maximum Gasteiger partial charge on any atom is 0.225 e. The van der Waals surface area contributed by atoms with Crippen LogP contribution in [0.1, 0.15) is 18.4 Å². The average Bonchev–Trinajstić information content (AvgIpc) is 3.19. The molecular formula is C16H20F2N2O2. The van der Waals surface area contributed by atoms with Gasteiger partial charge in [0, 0.05) is 49.8 Å². The molecule has 3 rings (SSSR count). The number of likely N-dealkylation sites (tertiary alicyclic amines) is 1. The fraction of sp³-hybridized carbons (Fsp3) is 0.562. The predicted molar refractivity (Wildman–Crippen MR) is 76.9 cm³/mol. The van der Waals surface area contributed by atoms with Crippen molar-refractivity contribution in [2.45, 2.75) is 25.4 Å². The summed E-state index contributed by atoms with van der Waals surface area (Å²) >= 11 is 0. The van der Waals surface area contributed by atoms with Gasteiger partial charge in [-0.05, 0) is 18.9 Å². The Morgan fingerprint density at radius 1 is 1.32 bits per heavy atom. The fourth-order valence-electron chi connectivity index (χ4n) is 3.00. The van der Waals surface area contributed by atoms with E-state index in [1.54, 1.807) is 0 Å². The smallest absolute Gasteiger partial charge is 0.225 e. The van der Waals surface area contributed by atoms with Gasteiger partial charge in [-0.25, -0.2) is 8.78 Å². The number of nitrogens with one attached hydrogen (secondary N) is 1. The van der Waals surface area contributed by atoms with E-state index in [2.05, 4.69) is 5.32 Å². The Morgan fingerprint density at radius 2 is 2.09 bits per heavy atom. The second kappa shape index (κ2) is 6.30. The molecule has 1 amide bonds. The quantitative estimate of drug-likeness (QED) is 0.861. The second-order valence-electron chi connectivity index (χ2n) is 6.26. The van der Waals surface area contributed by atoms with Gasteiger partial charge >= 0.3 is 0 Å². The van der Waals surface area contributed by atoms with E-state index >= 15 is 0 Å². The maximum absolute atomic E-state index is 13.7. The number of hydrogen-bond acceptors (Lipinski definition) is 3. The lowest BCUT2D eigenvalue weighted by atomic mass is 9.96. The van der Waals surface area contributed by atoms with Crippen LogP contribution in [-0.2, 0) is 11.3 Å². The molecule has 2 atom stereocenters. The van der Waals surface area contributed by atoms with Gasteiger partial charge in [-0.1, -0.05) is 6.07 Å². The Labute approximate surface area is 128 Å². The lowest BCUT2D eigenvalue weighted by molar-refractivity contribution is -0.126. The molecule has 2 fully saturated rings. The third-order valence-corrected chi connectivity index (χ3v) is 4.42. The van der Waals surface area contributed by atoms with E-state index in [0.717, 1.165) is 18.9 Å². The Morgan fingerprint density at radius 3 is 2.73 bits per heavy atom. The highest BCUT2D eigenvalue weighted by atomic mass is 19.1. The zero-order valence-corrected chi connectivity index (χ0v) is 12.3. The summed E-state index contributed by atoms with van der Waals surface area (Å²) in [7, 11) is 0. The van der Waals surface area contributed by atoms with E-state index in [9.17, 15) is 18.7 Å². The molecule has 1 aromatic carbocycles. The van der Waals surface area contributed by atoms with Gasteiger partial charge in [0.05, 0.1) is 5.92 Å². The maximum atomic E-state index is 13.7. The molecule has 1 aromatic rings. The molecule has 0 aromatic heterocycles. The lowest BCUT2D eigenvalue weighted by Gasteiger charge is -2.16. The average molecular weight is 310 g/mol. The van der Waals surface area contributed by atoms with E-state index in [4.69, 9.17) is 0 Å². The van der Waals surface area contributed by atoms with Crippen molar-refractivity contribution >= 4 is 5.91 Å². The second-order valence-corrected chi connectivity index (χ2v) is 6.26. The summed E-state index contributed by atoms with van der Waals surface area (Å²) in [5, 5.41) is 12.4. The standard InChI is InChI=1S/C16H20F2N2O2/c17-12-2-1-10(15(18)5-12)6-20-7-11(9-21)14(8-20)16(22)19-13-3-4-13/h1-2,5,11,13-14,21H,3-4,6-9H2,(H,19,22)/t11-,14+/m0/s1. The summed E-state index contributed by atoms with van der Waals surface area (Å²) in [5.74, 6) is -1.61. The monoisotopic (exact) mass is 310 g/mol. The van der Waals surface area contributed by atoms with Gasteiger partial charge < -0.3 is 10.4 Å². The first-order valence-electron chi connectivity index (χ1n) is 7.64. The molecule has 1 aliphatic carbocycles. The molecule has 0 unspecified atom stereocenters. The highest BCUT2D eigenvalue weighted by Gasteiger charge is 2.38. The molecule has 1 aliphatic heterocycles. The number of nitrogens with zero attached hydrogens (tertiary/aromatic N) is 1. The van der Waals surface area contributed by atoms with Crippen molar-refractivity contribution in [3.05, 3.63) is 35.4 Å². The van der Waals surface area contributed by atoms with E-state index in [-0.39, 0.29) is 30.4 Å². The first kappa shape index (κ1) is 15.4. The number of benzene rings is 1. The first-order chi connectivity index (χ1) is 10.6. The highest BCUT2D eigenvalue weighted by Crippen LogP contribution is 2.27. The molecule has 4 nitrogen and oxygen atoms in total. The zero-order valence-electron chi connectivity index (χ0n) is 12.3. The van der Waals surface area contributed by atoms with Crippen LogP contribution in [0.5, 0.6) is 0 Å². The number of aliphatic hydroxyl groups is 1. The molecule has 2 N–H and O–H groups in total. The SMILES string of the molecule is O=C(NC1CC1)[C@@H]1CN(Cc2ccc(F)cc2F)C[C@H]1CO. The van der Waals surface area contributed by atoms with Crippen LogP contribution in [0.3, 0.4) is 0 Å². The molecule has 0 radical (unpaired) electrons. The Kier molecular flexibility index (Phi) is 4.40. The van der Waals surface area contributed by atoms with Crippen molar-refractivity contribution in [1.29, 1.82) is 0 Å². The number of carbonyl (C=O) groups excluding carboxylic acids is 1. The Bertz CT molecular complexity index is 563. The topological polar surface area (TPSA) is 52.6 Å². The van der Waals surface area contributed by atoms with Crippen LogP contribution in [0.2, 0.25) is 0 Å². The molecule has 120 valence electrons. The fourth-order valence-corrected chi connectivity index (χ4v) is 3.00. The van der Waals surface area contributed by atoms with E-state index in [1.165, 1.54) is 12.1 Å². The van der Waals surface area contributed by atoms with Crippen LogP contribution in [0.15, 0.2) is 18.2 Å². The van der Waals surface area contributed by atoms with Gasteiger partial charge in [-0.2, -0.15) is 0 Å². The minimum absolute atomic E-state index is 0.0244.